The molecule has 0 aliphatic heterocycles. The normalized spacial score (nSPS) is 13.9. The third kappa shape index (κ3) is 4.69. The zero-order valence-corrected chi connectivity index (χ0v) is 9.90. The van der Waals surface area contributed by atoms with E-state index in [9.17, 15) is 13.5 Å². The van der Waals surface area contributed by atoms with Crippen molar-refractivity contribution in [1.82, 2.24) is 10.1 Å². The van der Waals surface area contributed by atoms with Crippen molar-refractivity contribution in [2.75, 3.05) is 20.0 Å². The van der Waals surface area contributed by atoms with Crippen LogP contribution in [0.1, 0.15) is 11.7 Å². The smallest absolute Gasteiger partial charge is 0.229 e. The van der Waals surface area contributed by atoms with E-state index in [1.807, 2.05) is 0 Å². The zero-order chi connectivity index (χ0) is 12.2. The van der Waals surface area contributed by atoms with E-state index in [0.717, 1.165) is 6.26 Å². The summed E-state index contributed by atoms with van der Waals surface area (Å²) in [7, 11) is -1.71. The molecule has 92 valence electrons. The van der Waals surface area contributed by atoms with Crippen molar-refractivity contribution in [1.29, 1.82) is 0 Å². The van der Waals surface area contributed by atoms with Crippen LogP contribution in [-0.4, -0.2) is 49.7 Å². The Hall–Kier alpha value is -0.990. The van der Waals surface area contributed by atoms with Crippen LogP contribution in [0.5, 0.6) is 0 Å². The van der Waals surface area contributed by atoms with Gasteiger partial charge in [-0.1, -0.05) is 5.16 Å². The highest BCUT2D eigenvalue weighted by Crippen LogP contribution is 2.04. The molecule has 0 aliphatic carbocycles. The topological polar surface area (TPSA) is 103 Å². The lowest BCUT2D eigenvalue weighted by atomic mass is 10.3. The molecule has 0 radical (unpaired) electrons. The Morgan fingerprint density at radius 2 is 2.25 bits per heavy atom. The van der Waals surface area contributed by atoms with Gasteiger partial charge in [0.05, 0.1) is 19.1 Å². The lowest BCUT2D eigenvalue weighted by molar-refractivity contribution is 0.0599. The van der Waals surface area contributed by atoms with E-state index in [1.54, 1.807) is 0 Å². The van der Waals surface area contributed by atoms with E-state index in [2.05, 4.69) is 10.1 Å². The second kappa shape index (κ2) is 5.37. The second-order valence-electron chi connectivity index (χ2n) is 3.49. The number of ether oxygens (including phenoxy) is 1. The van der Waals surface area contributed by atoms with Crippen molar-refractivity contribution in [3.63, 3.8) is 0 Å². The van der Waals surface area contributed by atoms with Gasteiger partial charge >= 0.3 is 0 Å². The molecule has 0 aromatic carbocycles. The third-order valence-electron chi connectivity index (χ3n) is 1.67. The summed E-state index contributed by atoms with van der Waals surface area (Å²) in [4.78, 5) is 3.85. The molecule has 1 rings (SSSR count). The van der Waals surface area contributed by atoms with Gasteiger partial charge in [0.1, 0.15) is 5.75 Å². The molecule has 0 amide bonds. The summed E-state index contributed by atoms with van der Waals surface area (Å²) in [6.07, 6.45) is 0.490. The van der Waals surface area contributed by atoms with Crippen molar-refractivity contribution in [2.45, 2.75) is 18.3 Å². The first kappa shape index (κ1) is 13.1. The van der Waals surface area contributed by atoms with Crippen molar-refractivity contribution in [2.24, 2.45) is 0 Å². The Bertz CT molecular complexity index is 427. The Balaban J connectivity index is 2.58. The van der Waals surface area contributed by atoms with Gasteiger partial charge in [-0.25, -0.2) is 8.42 Å². The number of aliphatic hydroxyl groups is 1. The van der Waals surface area contributed by atoms with Gasteiger partial charge in [-0.15, -0.1) is 0 Å². The largest absolute Gasteiger partial charge is 0.390 e. The van der Waals surface area contributed by atoms with Gasteiger partial charge in [-0.05, 0) is 0 Å². The van der Waals surface area contributed by atoms with E-state index >= 15 is 0 Å². The summed E-state index contributed by atoms with van der Waals surface area (Å²) < 4.78 is 31.4. The molecule has 0 spiro atoms. The van der Waals surface area contributed by atoms with Crippen LogP contribution in [0.25, 0.3) is 0 Å². The van der Waals surface area contributed by atoms with E-state index < -0.39 is 15.9 Å². The first-order valence-electron chi connectivity index (χ1n) is 4.57. The summed E-state index contributed by atoms with van der Waals surface area (Å²) in [6.45, 7) is 0.157. The minimum Gasteiger partial charge on any atom is -0.390 e. The van der Waals surface area contributed by atoms with Crippen LogP contribution in [-0.2, 0) is 26.7 Å². The van der Waals surface area contributed by atoms with Crippen molar-refractivity contribution in [3.05, 3.63) is 11.7 Å². The van der Waals surface area contributed by atoms with Crippen molar-refractivity contribution in [3.8, 4) is 0 Å². The first-order valence-corrected chi connectivity index (χ1v) is 6.63. The molecule has 0 fully saturated rings. The number of methoxy groups -OCH3 is 1. The third-order valence-corrected chi connectivity index (χ3v) is 2.45. The first-order chi connectivity index (χ1) is 7.40. The van der Waals surface area contributed by atoms with Crippen LogP contribution in [0.15, 0.2) is 4.52 Å². The fraction of sp³-hybridized carbons (Fsp3) is 0.750. The van der Waals surface area contributed by atoms with Gasteiger partial charge in [0.15, 0.2) is 15.7 Å². The summed E-state index contributed by atoms with van der Waals surface area (Å²) >= 11 is 0. The lowest BCUT2D eigenvalue weighted by Gasteiger charge is -2.04. The average molecular weight is 250 g/mol. The Morgan fingerprint density at radius 1 is 1.56 bits per heavy atom. The van der Waals surface area contributed by atoms with Crippen LogP contribution in [0.2, 0.25) is 0 Å². The fourth-order valence-electron chi connectivity index (χ4n) is 1.12. The van der Waals surface area contributed by atoms with Gasteiger partial charge in [0.25, 0.3) is 0 Å². The maximum Gasteiger partial charge on any atom is 0.229 e. The van der Waals surface area contributed by atoms with Crippen LogP contribution in [0.3, 0.4) is 0 Å². The Morgan fingerprint density at radius 3 is 2.81 bits per heavy atom. The minimum absolute atomic E-state index is 0.0992. The molecule has 1 heterocycles. The molecule has 1 aromatic rings. The SMILES string of the molecule is COCC(O)Cc1nc(CS(C)(=O)=O)no1. The molecular weight excluding hydrogens is 236 g/mol. The number of sulfone groups is 1. The van der Waals surface area contributed by atoms with E-state index in [-0.39, 0.29) is 30.5 Å². The molecule has 0 aliphatic rings. The van der Waals surface area contributed by atoms with E-state index in [1.165, 1.54) is 7.11 Å². The standard InChI is InChI=1S/C8H14N2O5S/c1-14-4-6(11)3-8-9-7(10-15-8)5-16(2,12)13/h6,11H,3-5H2,1-2H3. The van der Waals surface area contributed by atoms with E-state index in [0.29, 0.717) is 0 Å². The van der Waals surface area contributed by atoms with Crippen LogP contribution in [0, 0.1) is 0 Å². The highest BCUT2D eigenvalue weighted by atomic mass is 32.2. The molecule has 1 atom stereocenters. The number of hydrogen-bond acceptors (Lipinski definition) is 7. The maximum atomic E-state index is 10.9. The van der Waals surface area contributed by atoms with Crippen LogP contribution >= 0.6 is 0 Å². The maximum absolute atomic E-state index is 10.9. The molecule has 0 saturated carbocycles. The fourth-order valence-corrected chi connectivity index (χ4v) is 1.71. The zero-order valence-electron chi connectivity index (χ0n) is 9.08. The number of aromatic nitrogens is 2. The number of rotatable bonds is 6. The highest BCUT2D eigenvalue weighted by Gasteiger charge is 2.14. The molecule has 0 saturated heterocycles. The Kier molecular flexibility index (Phi) is 4.39. The van der Waals surface area contributed by atoms with Crippen molar-refractivity contribution < 1.29 is 22.8 Å². The summed E-state index contributed by atoms with van der Waals surface area (Å²) in [5, 5.41) is 12.9. The van der Waals surface area contributed by atoms with Gasteiger partial charge in [0.2, 0.25) is 5.89 Å². The predicted molar refractivity (Wildman–Crippen MR) is 54.4 cm³/mol. The summed E-state index contributed by atoms with van der Waals surface area (Å²) in [5.41, 5.74) is 0. The monoisotopic (exact) mass is 250 g/mol. The molecule has 1 unspecified atom stereocenters. The molecule has 8 heteroatoms. The molecular formula is C8H14N2O5S. The minimum atomic E-state index is -3.17. The number of nitrogens with zero attached hydrogens (tertiary/aromatic N) is 2. The van der Waals surface area contributed by atoms with Crippen LogP contribution in [0.4, 0.5) is 0 Å². The quantitative estimate of drug-likeness (QED) is 0.702. The van der Waals surface area contributed by atoms with Crippen LogP contribution < -0.4 is 0 Å². The lowest BCUT2D eigenvalue weighted by Crippen LogP contribution is -2.17. The summed E-state index contributed by atoms with van der Waals surface area (Å²) in [6, 6.07) is 0. The van der Waals surface area contributed by atoms with Gasteiger partial charge < -0.3 is 14.4 Å². The number of aliphatic hydroxyl groups excluding tert-OH is 1. The molecule has 16 heavy (non-hydrogen) atoms. The second-order valence-corrected chi connectivity index (χ2v) is 5.63. The van der Waals surface area contributed by atoms with Crippen molar-refractivity contribution >= 4 is 9.84 Å². The molecule has 7 nitrogen and oxygen atoms in total. The average Bonchev–Trinajstić information content (AvgIpc) is 2.49. The molecule has 1 N–H and O–H groups in total. The van der Waals surface area contributed by atoms with Gasteiger partial charge in [-0.3, -0.25) is 0 Å². The molecule has 1 aromatic heterocycles. The van der Waals surface area contributed by atoms with Gasteiger partial charge in [0, 0.05) is 13.4 Å². The molecule has 0 bridgehead atoms. The summed E-state index contributed by atoms with van der Waals surface area (Å²) in [5.74, 6) is 0.0296. The predicted octanol–water partition coefficient (Wildman–Crippen LogP) is -0.836. The van der Waals surface area contributed by atoms with Gasteiger partial charge in [-0.2, -0.15) is 4.98 Å². The van der Waals surface area contributed by atoms with E-state index in [4.69, 9.17) is 9.26 Å². The highest BCUT2D eigenvalue weighted by molar-refractivity contribution is 7.89. The Labute approximate surface area is 93.3 Å². The number of hydrogen-bond donors (Lipinski definition) is 1.